The summed E-state index contributed by atoms with van der Waals surface area (Å²) in [5.41, 5.74) is 3.83. The van der Waals surface area contributed by atoms with E-state index in [0.29, 0.717) is 17.8 Å². The number of halogens is 1. The Morgan fingerprint density at radius 2 is 1.95 bits per heavy atom. The minimum atomic E-state index is -0.481. The van der Waals surface area contributed by atoms with Gasteiger partial charge in [-0.3, -0.25) is 19.2 Å². The molecule has 0 aliphatic carbocycles. The van der Waals surface area contributed by atoms with Crippen LogP contribution in [0.3, 0.4) is 0 Å². The topological polar surface area (TPSA) is 55.2 Å². The van der Waals surface area contributed by atoms with Crippen LogP contribution < -0.4 is 4.90 Å². The molecule has 2 aromatic rings. The van der Waals surface area contributed by atoms with Crippen molar-refractivity contribution in [1.29, 1.82) is 0 Å². The molecule has 0 radical (unpaired) electrons. The standard InChI is InChI=1S/C15H14BrN3O2/c1-8-5-4-6-10-13(8)19(15(21)14(10)20)7-11-12(16)9(2)17-18(11)3/h4-6H,7H2,1-3H3. The number of aromatic nitrogens is 2. The molecule has 0 saturated carbocycles. The van der Waals surface area contributed by atoms with Gasteiger partial charge in [0.25, 0.3) is 11.7 Å². The molecule has 0 N–H and O–H groups in total. The van der Waals surface area contributed by atoms with Crippen molar-refractivity contribution in [3.63, 3.8) is 0 Å². The van der Waals surface area contributed by atoms with Crippen LogP contribution in [0.4, 0.5) is 5.69 Å². The lowest BCUT2D eigenvalue weighted by Crippen LogP contribution is -2.30. The highest BCUT2D eigenvalue weighted by molar-refractivity contribution is 9.10. The molecular formula is C15H14BrN3O2. The number of benzene rings is 1. The first-order valence-corrected chi connectivity index (χ1v) is 7.35. The van der Waals surface area contributed by atoms with Crippen LogP contribution in [-0.4, -0.2) is 21.5 Å². The molecule has 1 aromatic heterocycles. The smallest absolute Gasteiger partial charge is 0.298 e. The first-order chi connectivity index (χ1) is 9.91. The number of para-hydroxylation sites is 1. The van der Waals surface area contributed by atoms with Crippen LogP contribution in [0.2, 0.25) is 0 Å². The van der Waals surface area contributed by atoms with Gasteiger partial charge in [-0.15, -0.1) is 0 Å². The molecular weight excluding hydrogens is 334 g/mol. The molecule has 3 rings (SSSR count). The molecule has 21 heavy (non-hydrogen) atoms. The molecule has 0 atom stereocenters. The summed E-state index contributed by atoms with van der Waals surface area (Å²) in [6, 6.07) is 5.40. The molecule has 108 valence electrons. The fraction of sp³-hybridized carbons (Fsp3) is 0.267. The number of hydrogen-bond acceptors (Lipinski definition) is 3. The summed E-state index contributed by atoms with van der Waals surface area (Å²) in [5, 5.41) is 4.32. The van der Waals surface area contributed by atoms with Crippen LogP contribution >= 0.6 is 15.9 Å². The number of fused-ring (bicyclic) bond motifs is 1. The molecule has 6 heteroatoms. The quantitative estimate of drug-likeness (QED) is 0.784. The van der Waals surface area contributed by atoms with Gasteiger partial charge < -0.3 is 0 Å². The summed E-state index contributed by atoms with van der Waals surface area (Å²) < 4.78 is 2.60. The summed E-state index contributed by atoms with van der Waals surface area (Å²) in [7, 11) is 1.83. The number of nitrogens with zero attached hydrogens (tertiary/aromatic N) is 3. The number of Topliss-reactive ketones (excluding diaryl/α,β-unsaturated/α-hetero) is 1. The minimum Gasteiger partial charge on any atom is -0.298 e. The van der Waals surface area contributed by atoms with E-state index in [1.54, 1.807) is 16.8 Å². The lowest BCUT2D eigenvalue weighted by molar-refractivity contribution is -0.114. The molecule has 1 aliphatic rings. The Morgan fingerprint density at radius 3 is 2.57 bits per heavy atom. The first-order valence-electron chi connectivity index (χ1n) is 6.55. The van der Waals surface area contributed by atoms with Crippen molar-refractivity contribution >= 4 is 33.3 Å². The maximum Gasteiger partial charge on any atom is 0.299 e. The van der Waals surface area contributed by atoms with Gasteiger partial charge >= 0.3 is 0 Å². The highest BCUT2D eigenvalue weighted by atomic mass is 79.9. The average Bonchev–Trinajstić information content (AvgIpc) is 2.83. The number of aryl methyl sites for hydroxylation is 3. The number of rotatable bonds is 2. The number of carbonyl (C=O) groups is 2. The monoisotopic (exact) mass is 347 g/mol. The third-order valence-corrected chi connectivity index (χ3v) is 4.79. The maximum atomic E-state index is 12.3. The van der Waals surface area contributed by atoms with Crippen molar-refractivity contribution in [2.45, 2.75) is 20.4 Å². The van der Waals surface area contributed by atoms with Crippen molar-refractivity contribution in [3.8, 4) is 0 Å². The minimum absolute atomic E-state index is 0.320. The van der Waals surface area contributed by atoms with E-state index in [0.717, 1.165) is 21.4 Å². The van der Waals surface area contributed by atoms with Gasteiger partial charge in [0.2, 0.25) is 0 Å². The number of hydrogen-bond donors (Lipinski definition) is 0. The van der Waals surface area contributed by atoms with Gasteiger partial charge in [-0.05, 0) is 41.4 Å². The Balaban J connectivity index is 2.08. The average molecular weight is 348 g/mol. The summed E-state index contributed by atoms with van der Waals surface area (Å²) >= 11 is 3.50. The van der Waals surface area contributed by atoms with Crippen molar-refractivity contribution < 1.29 is 9.59 Å². The van der Waals surface area contributed by atoms with Crippen molar-refractivity contribution in [3.05, 3.63) is 45.2 Å². The van der Waals surface area contributed by atoms with E-state index in [2.05, 4.69) is 21.0 Å². The molecule has 0 spiro atoms. The predicted octanol–water partition coefficient (Wildman–Crippen LogP) is 2.53. The number of carbonyl (C=O) groups excluding carboxylic acids is 2. The Bertz CT molecular complexity index is 779. The molecule has 0 bridgehead atoms. The second-order valence-electron chi connectivity index (χ2n) is 5.16. The van der Waals surface area contributed by atoms with E-state index in [4.69, 9.17) is 0 Å². The van der Waals surface area contributed by atoms with E-state index in [9.17, 15) is 9.59 Å². The zero-order valence-electron chi connectivity index (χ0n) is 12.0. The number of ketones is 1. The van der Waals surface area contributed by atoms with Crippen LogP contribution in [-0.2, 0) is 18.4 Å². The predicted molar refractivity (Wildman–Crippen MR) is 82.3 cm³/mol. The molecule has 0 fully saturated rings. The Morgan fingerprint density at radius 1 is 1.24 bits per heavy atom. The summed E-state index contributed by atoms with van der Waals surface area (Å²) in [5.74, 6) is -0.922. The number of anilines is 1. The van der Waals surface area contributed by atoms with Crippen LogP contribution in [0.5, 0.6) is 0 Å². The maximum absolute atomic E-state index is 12.3. The Hall–Kier alpha value is -1.95. The molecule has 0 saturated heterocycles. The van der Waals surface area contributed by atoms with Crippen molar-refractivity contribution in [1.82, 2.24) is 9.78 Å². The highest BCUT2D eigenvalue weighted by Gasteiger charge is 2.37. The Kier molecular flexibility index (Phi) is 3.20. The van der Waals surface area contributed by atoms with Gasteiger partial charge in [0, 0.05) is 7.05 Å². The zero-order chi connectivity index (χ0) is 15.3. The summed E-state index contributed by atoms with van der Waals surface area (Å²) in [6.45, 7) is 4.12. The van der Waals surface area contributed by atoms with Crippen LogP contribution in [0.25, 0.3) is 0 Å². The van der Waals surface area contributed by atoms with Crippen LogP contribution in [0.1, 0.15) is 27.3 Å². The summed E-state index contributed by atoms with van der Waals surface area (Å²) in [4.78, 5) is 25.9. The van der Waals surface area contributed by atoms with Gasteiger partial charge in [-0.2, -0.15) is 5.10 Å². The van der Waals surface area contributed by atoms with E-state index in [1.165, 1.54) is 4.90 Å². The number of amides is 1. The van der Waals surface area contributed by atoms with Gasteiger partial charge in [-0.25, -0.2) is 0 Å². The third-order valence-electron chi connectivity index (χ3n) is 3.76. The Labute approximate surface area is 130 Å². The fourth-order valence-corrected chi connectivity index (χ4v) is 3.15. The van der Waals surface area contributed by atoms with Crippen molar-refractivity contribution in [2.24, 2.45) is 7.05 Å². The van der Waals surface area contributed by atoms with Crippen LogP contribution in [0.15, 0.2) is 22.7 Å². The molecule has 1 aliphatic heterocycles. The normalized spacial score (nSPS) is 14.0. The van der Waals surface area contributed by atoms with Gasteiger partial charge in [-0.1, -0.05) is 12.1 Å². The molecule has 5 nitrogen and oxygen atoms in total. The fourth-order valence-electron chi connectivity index (χ4n) is 2.69. The summed E-state index contributed by atoms with van der Waals surface area (Å²) in [6.07, 6.45) is 0. The van der Waals surface area contributed by atoms with Crippen molar-refractivity contribution in [2.75, 3.05) is 4.90 Å². The first kappa shape index (κ1) is 14.0. The van der Waals surface area contributed by atoms with Crippen LogP contribution in [0, 0.1) is 13.8 Å². The highest BCUT2D eigenvalue weighted by Crippen LogP contribution is 2.34. The SMILES string of the molecule is Cc1cccc2c1N(Cc1c(Br)c(C)nn1C)C(=O)C2=O. The second-order valence-corrected chi connectivity index (χ2v) is 5.95. The van der Waals surface area contributed by atoms with E-state index >= 15 is 0 Å². The largest absolute Gasteiger partial charge is 0.299 e. The van der Waals surface area contributed by atoms with Gasteiger partial charge in [0.15, 0.2) is 0 Å². The van der Waals surface area contributed by atoms with E-state index in [-0.39, 0.29) is 0 Å². The van der Waals surface area contributed by atoms with E-state index in [1.807, 2.05) is 27.0 Å². The molecule has 0 unspecified atom stereocenters. The van der Waals surface area contributed by atoms with E-state index < -0.39 is 11.7 Å². The third kappa shape index (κ3) is 2.01. The molecule has 1 amide bonds. The lowest BCUT2D eigenvalue weighted by Gasteiger charge is -2.18. The van der Waals surface area contributed by atoms with Gasteiger partial charge in [0.05, 0.1) is 33.7 Å². The second kappa shape index (κ2) is 4.80. The van der Waals surface area contributed by atoms with Gasteiger partial charge in [0.1, 0.15) is 0 Å². The lowest BCUT2D eigenvalue weighted by atomic mass is 10.1. The zero-order valence-corrected chi connectivity index (χ0v) is 13.6. The molecule has 2 heterocycles. The molecule has 1 aromatic carbocycles.